The third kappa shape index (κ3) is 2.10. The maximum Gasteiger partial charge on any atom is 0.106 e. The molecule has 1 aliphatic heterocycles. The monoisotopic (exact) mass is 382 g/mol. The zero-order chi connectivity index (χ0) is 13.0. The van der Waals surface area contributed by atoms with E-state index in [0.29, 0.717) is 0 Å². The summed E-state index contributed by atoms with van der Waals surface area (Å²) in [6, 6.07) is 6.96. The Balaban J connectivity index is 0.00000121. The van der Waals surface area contributed by atoms with E-state index in [1.807, 2.05) is 0 Å². The Morgan fingerprint density at radius 2 is 1.90 bits per heavy atom. The van der Waals surface area contributed by atoms with E-state index < -0.39 is 0 Å². The fourth-order valence-electron chi connectivity index (χ4n) is 4.05. The Labute approximate surface area is 138 Å². The molecular weight excluding hydrogens is 359 g/mol. The highest BCUT2D eigenvalue weighted by Gasteiger charge is 2.28. The van der Waals surface area contributed by atoms with Crippen LogP contribution in [0.15, 0.2) is 18.2 Å². The fraction of sp³-hybridized carbons (Fsp3) is 0.529. The van der Waals surface area contributed by atoms with Crippen molar-refractivity contribution in [2.45, 2.75) is 38.8 Å². The number of nitrogens with zero attached hydrogens (tertiary/aromatic N) is 2. The van der Waals surface area contributed by atoms with Crippen LogP contribution in [-0.4, -0.2) is 29.7 Å². The van der Waals surface area contributed by atoms with Crippen molar-refractivity contribution in [3.05, 3.63) is 35.0 Å². The standard InChI is InChI=1S/C17H23N2.HI/c1-19(2)11-10-18-16-9-4-3-7-14(16)15-8-5-6-13(12-19)17(15)18;/h5-6,8H,3-4,7,9-12H2,1-2H3;1H/q+1;/p-1. The van der Waals surface area contributed by atoms with Gasteiger partial charge in [0.25, 0.3) is 0 Å². The van der Waals surface area contributed by atoms with Crippen molar-refractivity contribution in [1.82, 2.24) is 4.57 Å². The quantitative estimate of drug-likeness (QED) is 0.451. The molecule has 2 heterocycles. The van der Waals surface area contributed by atoms with Crippen LogP contribution >= 0.6 is 0 Å². The Morgan fingerprint density at radius 1 is 1.10 bits per heavy atom. The summed E-state index contributed by atoms with van der Waals surface area (Å²) < 4.78 is 3.77. The number of aryl methyl sites for hydroxylation is 1. The molecule has 0 unspecified atom stereocenters. The highest BCUT2D eigenvalue weighted by atomic mass is 127. The van der Waals surface area contributed by atoms with Crippen molar-refractivity contribution >= 4 is 10.9 Å². The molecule has 3 heteroatoms. The van der Waals surface area contributed by atoms with Gasteiger partial charge in [0.2, 0.25) is 0 Å². The van der Waals surface area contributed by atoms with Crippen LogP contribution in [-0.2, 0) is 25.9 Å². The summed E-state index contributed by atoms with van der Waals surface area (Å²) in [5, 5.41) is 1.55. The van der Waals surface area contributed by atoms with Crippen LogP contribution in [0.4, 0.5) is 0 Å². The predicted octanol–water partition coefficient (Wildman–Crippen LogP) is 0.114. The van der Waals surface area contributed by atoms with Gasteiger partial charge in [0.05, 0.1) is 32.7 Å². The van der Waals surface area contributed by atoms with Crippen molar-refractivity contribution < 1.29 is 28.5 Å². The van der Waals surface area contributed by atoms with Gasteiger partial charge in [-0.05, 0) is 31.2 Å². The zero-order valence-electron chi connectivity index (χ0n) is 12.5. The van der Waals surface area contributed by atoms with Crippen LogP contribution in [0.25, 0.3) is 10.9 Å². The molecule has 1 aromatic carbocycles. The lowest BCUT2D eigenvalue weighted by molar-refractivity contribution is -0.903. The summed E-state index contributed by atoms with van der Waals surface area (Å²) in [6.07, 6.45) is 5.33. The minimum Gasteiger partial charge on any atom is -1.00 e. The van der Waals surface area contributed by atoms with E-state index in [-0.39, 0.29) is 24.0 Å². The molecule has 0 N–H and O–H groups in total. The maximum atomic E-state index is 2.66. The number of benzene rings is 1. The van der Waals surface area contributed by atoms with Gasteiger partial charge >= 0.3 is 0 Å². The molecule has 0 bridgehead atoms. The van der Waals surface area contributed by atoms with Gasteiger partial charge in [-0.2, -0.15) is 0 Å². The summed E-state index contributed by atoms with van der Waals surface area (Å²) in [5.41, 5.74) is 6.42. The van der Waals surface area contributed by atoms with E-state index in [1.165, 1.54) is 45.3 Å². The highest BCUT2D eigenvalue weighted by molar-refractivity contribution is 5.88. The molecule has 0 atom stereocenters. The van der Waals surface area contributed by atoms with E-state index in [4.69, 9.17) is 0 Å². The Morgan fingerprint density at radius 3 is 2.75 bits per heavy atom. The first-order valence-corrected chi connectivity index (χ1v) is 7.60. The highest BCUT2D eigenvalue weighted by Crippen LogP contribution is 2.36. The number of halogens is 1. The molecule has 0 saturated heterocycles. The lowest BCUT2D eigenvalue weighted by atomic mass is 9.95. The number of likely N-dealkylation sites (N-methyl/N-ethyl adjacent to an activating group) is 1. The van der Waals surface area contributed by atoms with Gasteiger partial charge in [-0.25, -0.2) is 0 Å². The SMILES string of the molecule is C[N+]1(C)CCn2c3c(c4cccc(c42)C1)CCCC3.[I-]. The second-order valence-corrected chi connectivity index (χ2v) is 6.91. The minimum absolute atomic E-state index is 0. The van der Waals surface area contributed by atoms with E-state index in [1.54, 1.807) is 27.7 Å². The van der Waals surface area contributed by atoms with Gasteiger partial charge < -0.3 is 33.0 Å². The van der Waals surface area contributed by atoms with Crippen molar-refractivity contribution in [3.8, 4) is 0 Å². The smallest absolute Gasteiger partial charge is 0.106 e. The van der Waals surface area contributed by atoms with E-state index in [0.717, 1.165) is 4.48 Å². The lowest BCUT2D eigenvalue weighted by Crippen LogP contribution is -3.00. The van der Waals surface area contributed by atoms with Crippen molar-refractivity contribution in [1.29, 1.82) is 0 Å². The predicted molar refractivity (Wildman–Crippen MR) is 79.3 cm³/mol. The molecule has 0 saturated carbocycles. The average Bonchev–Trinajstić information content (AvgIpc) is 2.63. The number of fused-ring (bicyclic) bond motifs is 3. The number of rotatable bonds is 0. The summed E-state index contributed by atoms with van der Waals surface area (Å²) in [4.78, 5) is 0. The lowest BCUT2D eigenvalue weighted by Gasteiger charge is -2.28. The molecule has 4 rings (SSSR count). The molecule has 2 aliphatic rings. The topological polar surface area (TPSA) is 4.93 Å². The number of quaternary nitrogens is 1. The number of hydrogen-bond donors (Lipinski definition) is 0. The van der Waals surface area contributed by atoms with Crippen LogP contribution in [0.5, 0.6) is 0 Å². The van der Waals surface area contributed by atoms with Gasteiger partial charge in [-0.15, -0.1) is 0 Å². The van der Waals surface area contributed by atoms with Gasteiger partial charge in [0.1, 0.15) is 6.54 Å². The van der Waals surface area contributed by atoms with E-state index in [9.17, 15) is 0 Å². The maximum absolute atomic E-state index is 2.66. The molecule has 2 aromatic rings. The van der Waals surface area contributed by atoms with Crippen LogP contribution in [0.2, 0.25) is 0 Å². The number of hydrogen-bond acceptors (Lipinski definition) is 0. The first-order chi connectivity index (χ1) is 9.16. The number of aromatic nitrogens is 1. The molecule has 0 fully saturated rings. The van der Waals surface area contributed by atoms with Crippen LogP contribution in [0.3, 0.4) is 0 Å². The third-order valence-corrected chi connectivity index (χ3v) is 5.01. The molecule has 108 valence electrons. The first-order valence-electron chi connectivity index (χ1n) is 7.60. The largest absolute Gasteiger partial charge is 1.00 e. The fourth-order valence-corrected chi connectivity index (χ4v) is 4.05. The van der Waals surface area contributed by atoms with E-state index >= 15 is 0 Å². The normalized spacial score (nSPS) is 20.1. The summed E-state index contributed by atoms with van der Waals surface area (Å²) in [5.74, 6) is 0. The minimum atomic E-state index is 0. The summed E-state index contributed by atoms with van der Waals surface area (Å²) in [6.45, 7) is 3.60. The van der Waals surface area contributed by atoms with Gasteiger partial charge in [0, 0.05) is 16.6 Å². The summed E-state index contributed by atoms with van der Waals surface area (Å²) in [7, 11) is 4.72. The number of para-hydroxylation sites is 1. The van der Waals surface area contributed by atoms with Crippen LogP contribution in [0.1, 0.15) is 29.7 Å². The second kappa shape index (κ2) is 5.02. The third-order valence-electron chi connectivity index (χ3n) is 5.01. The van der Waals surface area contributed by atoms with Crippen molar-refractivity contribution in [2.24, 2.45) is 0 Å². The molecule has 2 nitrogen and oxygen atoms in total. The second-order valence-electron chi connectivity index (χ2n) is 6.91. The first kappa shape index (κ1) is 14.4. The van der Waals surface area contributed by atoms with Crippen molar-refractivity contribution in [2.75, 3.05) is 20.6 Å². The van der Waals surface area contributed by atoms with Crippen molar-refractivity contribution in [3.63, 3.8) is 0 Å². The van der Waals surface area contributed by atoms with Gasteiger partial charge in [0.15, 0.2) is 0 Å². The van der Waals surface area contributed by atoms with Gasteiger partial charge in [-0.3, -0.25) is 0 Å². The summed E-state index contributed by atoms with van der Waals surface area (Å²) >= 11 is 0. The van der Waals surface area contributed by atoms with Crippen LogP contribution < -0.4 is 24.0 Å². The Kier molecular flexibility index (Phi) is 3.61. The molecule has 1 aromatic heterocycles. The molecule has 20 heavy (non-hydrogen) atoms. The Bertz CT molecular complexity index is 655. The van der Waals surface area contributed by atoms with Gasteiger partial charge in [-0.1, -0.05) is 18.2 Å². The molecule has 0 radical (unpaired) electrons. The zero-order valence-corrected chi connectivity index (χ0v) is 14.6. The van der Waals surface area contributed by atoms with E-state index in [2.05, 4.69) is 36.9 Å². The molecular formula is C17H23IN2. The average molecular weight is 382 g/mol. The van der Waals surface area contributed by atoms with Crippen LogP contribution in [0, 0.1) is 0 Å². The molecule has 1 aliphatic carbocycles. The molecule has 0 amide bonds. The Hall–Kier alpha value is -0.550. The molecule has 0 spiro atoms.